The molecule has 0 radical (unpaired) electrons. The predicted octanol–water partition coefficient (Wildman–Crippen LogP) is 1.32. The van der Waals surface area contributed by atoms with Crippen LogP contribution in [0.4, 0.5) is 4.39 Å². The Hall–Kier alpha value is -2.46. The molecule has 1 aromatic heterocycles. The minimum atomic E-state index is -0.574. The number of aromatic nitrogens is 3. The van der Waals surface area contributed by atoms with Crippen molar-refractivity contribution in [1.29, 1.82) is 0 Å². The average molecular weight is 407 g/mol. The summed E-state index contributed by atoms with van der Waals surface area (Å²) < 4.78 is 20.8. The molecule has 3 rings (SSSR count). The zero-order chi connectivity index (χ0) is 19.9. The Kier molecular flexibility index (Phi) is 6.99. The maximum Gasteiger partial charge on any atom is 0.254 e. The van der Waals surface area contributed by atoms with Crippen LogP contribution in [0.3, 0.4) is 0 Å². The molecular weight excluding hydrogens is 385 g/mol. The number of nitrogens with one attached hydrogen (secondary N) is 1. The summed E-state index contributed by atoms with van der Waals surface area (Å²) in [6.07, 6.45) is 0. The van der Waals surface area contributed by atoms with Gasteiger partial charge in [-0.2, -0.15) is 0 Å². The first-order valence-corrected chi connectivity index (χ1v) is 10.0. The zero-order valence-corrected chi connectivity index (χ0v) is 16.4. The van der Waals surface area contributed by atoms with Gasteiger partial charge in [-0.3, -0.25) is 9.59 Å². The third-order valence-electron chi connectivity index (χ3n) is 4.32. The largest absolute Gasteiger partial charge is 0.378 e. The van der Waals surface area contributed by atoms with Gasteiger partial charge in [0.25, 0.3) is 5.91 Å². The van der Waals surface area contributed by atoms with Crippen LogP contribution in [0, 0.1) is 5.82 Å². The average Bonchev–Trinajstić information content (AvgIpc) is 3.13. The lowest BCUT2D eigenvalue weighted by Gasteiger charge is -2.26. The van der Waals surface area contributed by atoms with Gasteiger partial charge in [-0.25, -0.2) is 4.39 Å². The van der Waals surface area contributed by atoms with E-state index in [1.807, 2.05) is 11.5 Å². The lowest BCUT2D eigenvalue weighted by Crippen LogP contribution is -2.41. The number of benzene rings is 1. The minimum Gasteiger partial charge on any atom is -0.378 e. The second kappa shape index (κ2) is 9.65. The van der Waals surface area contributed by atoms with Gasteiger partial charge < -0.3 is 19.5 Å². The maximum absolute atomic E-state index is 13.7. The van der Waals surface area contributed by atoms with E-state index < -0.39 is 11.7 Å². The van der Waals surface area contributed by atoms with E-state index in [4.69, 9.17) is 4.74 Å². The number of carbonyl (C=O) groups excluding carboxylic acids is 2. The maximum atomic E-state index is 13.7. The fourth-order valence-electron chi connectivity index (χ4n) is 2.80. The van der Waals surface area contributed by atoms with Crippen molar-refractivity contribution in [2.75, 3.05) is 32.1 Å². The molecule has 10 heteroatoms. The molecule has 28 heavy (non-hydrogen) atoms. The monoisotopic (exact) mass is 407 g/mol. The van der Waals surface area contributed by atoms with Crippen molar-refractivity contribution in [3.63, 3.8) is 0 Å². The van der Waals surface area contributed by atoms with Crippen LogP contribution < -0.4 is 5.32 Å². The van der Waals surface area contributed by atoms with Gasteiger partial charge in [0.2, 0.25) is 5.91 Å². The molecule has 1 aromatic carbocycles. The number of hydrogen-bond donors (Lipinski definition) is 1. The molecule has 0 atom stereocenters. The summed E-state index contributed by atoms with van der Waals surface area (Å²) in [5.41, 5.74) is -0.0178. The van der Waals surface area contributed by atoms with E-state index in [2.05, 4.69) is 15.5 Å². The zero-order valence-electron chi connectivity index (χ0n) is 15.6. The molecule has 0 aliphatic carbocycles. The first-order chi connectivity index (χ1) is 13.6. The summed E-state index contributed by atoms with van der Waals surface area (Å²) in [6.45, 7) is 4.97. The third kappa shape index (κ3) is 4.87. The standard InChI is InChI=1S/C18H22FN5O3S/c1-2-24-15(11-20-17(26)13-5-3-4-6-14(13)19)21-22-18(24)28-12-16(25)23-7-9-27-10-8-23/h3-6H,2,7-12H2,1H3,(H,20,26). The molecule has 0 bridgehead atoms. The Morgan fingerprint density at radius 2 is 2.00 bits per heavy atom. The molecule has 1 saturated heterocycles. The fourth-order valence-corrected chi connectivity index (χ4v) is 3.73. The van der Waals surface area contributed by atoms with Crippen molar-refractivity contribution in [2.24, 2.45) is 0 Å². The highest BCUT2D eigenvalue weighted by Crippen LogP contribution is 2.18. The normalized spacial score (nSPS) is 14.1. The Labute approximate surface area is 166 Å². The van der Waals surface area contributed by atoms with Crippen LogP contribution in [0.15, 0.2) is 29.4 Å². The van der Waals surface area contributed by atoms with Crippen molar-refractivity contribution >= 4 is 23.6 Å². The molecule has 1 aliphatic heterocycles. The molecule has 1 aliphatic rings. The molecule has 1 N–H and O–H groups in total. The van der Waals surface area contributed by atoms with Gasteiger partial charge >= 0.3 is 0 Å². The lowest BCUT2D eigenvalue weighted by molar-refractivity contribution is -0.132. The number of morpholine rings is 1. The van der Waals surface area contributed by atoms with Gasteiger partial charge in [0, 0.05) is 19.6 Å². The van der Waals surface area contributed by atoms with Crippen molar-refractivity contribution < 1.29 is 18.7 Å². The summed E-state index contributed by atoms with van der Waals surface area (Å²) in [5, 5.41) is 11.5. The highest BCUT2D eigenvalue weighted by Gasteiger charge is 2.19. The first kappa shape index (κ1) is 20.3. The molecule has 2 aromatic rings. The number of rotatable bonds is 7. The van der Waals surface area contributed by atoms with E-state index in [0.29, 0.717) is 43.8 Å². The molecule has 150 valence electrons. The van der Waals surface area contributed by atoms with E-state index in [9.17, 15) is 14.0 Å². The van der Waals surface area contributed by atoms with E-state index in [-0.39, 0.29) is 23.8 Å². The predicted molar refractivity (Wildman–Crippen MR) is 101 cm³/mol. The van der Waals surface area contributed by atoms with Crippen LogP contribution in [-0.4, -0.2) is 63.5 Å². The summed E-state index contributed by atoms with van der Waals surface area (Å²) in [6, 6.07) is 5.80. The Morgan fingerprint density at radius 1 is 1.25 bits per heavy atom. The number of ether oxygens (including phenoxy) is 1. The van der Waals surface area contributed by atoms with E-state index in [1.165, 1.54) is 30.0 Å². The molecular formula is C18H22FN5O3S. The lowest BCUT2D eigenvalue weighted by atomic mass is 10.2. The summed E-state index contributed by atoms with van der Waals surface area (Å²) in [4.78, 5) is 26.2. The Morgan fingerprint density at radius 3 is 2.71 bits per heavy atom. The van der Waals surface area contributed by atoms with E-state index in [1.54, 1.807) is 11.0 Å². The summed E-state index contributed by atoms with van der Waals surface area (Å²) in [5.74, 6) is -0.239. The van der Waals surface area contributed by atoms with Crippen molar-refractivity contribution in [1.82, 2.24) is 25.0 Å². The molecule has 2 heterocycles. The highest BCUT2D eigenvalue weighted by atomic mass is 32.2. The second-order valence-corrected chi connectivity index (χ2v) is 7.03. The summed E-state index contributed by atoms with van der Waals surface area (Å²) >= 11 is 1.31. The topological polar surface area (TPSA) is 89.3 Å². The van der Waals surface area contributed by atoms with Gasteiger partial charge in [-0.1, -0.05) is 23.9 Å². The van der Waals surface area contributed by atoms with Crippen LogP contribution in [-0.2, 0) is 22.6 Å². The smallest absolute Gasteiger partial charge is 0.254 e. The Bertz CT molecular complexity index is 838. The first-order valence-electron chi connectivity index (χ1n) is 9.03. The van der Waals surface area contributed by atoms with Gasteiger partial charge in [0.1, 0.15) is 5.82 Å². The van der Waals surface area contributed by atoms with Crippen LogP contribution in [0.1, 0.15) is 23.1 Å². The Balaban J connectivity index is 1.58. The van der Waals surface area contributed by atoms with E-state index in [0.717, 1.165) is 0 Å². The van der Waals surface area contributed by atoms with Crippen molar-refractivity contribution in [2.45, 2.75) is 25.2 Å². The van der Waals surface area contributed by atoms with Crippen LogP contribution in [0.5, 0.6) is 0 Å². The quantitative estimate of drug-likeness (QED) is 0.697. The number of carbonyl (C=O) groups is 2. The summed E-state index contributed by atoms with van der Waals surface area (Å²) in [7, 11) is 0. The van der Waals surface area contributed by atoms with Crippen molar-refractivity contribution in [3.8, 4) is 0 Å². The number of amides is 2. The molecule has 0 saturated carbocycles. The third-order valence-corrected chi connectivity index (χ3v) is 5.28. The molecule has 0 unspecified atom stereocenters. The van der Waals surface area contributed by atoms with Crippen LogP contribution in [0.25, 0.3) is 0 Å². The molecule has 2 amide bonds. The minimum absolute atomic E-state index is 0.0178. The number of hydrogen-bond acceptors (Lipinski definition) is 6. The molecule has 1 fully saturated rings. The van der Waals surface area contributed by atoms with Gasteiger partial charge in [-0.05, 0) is 19.1 Å². The van der Waals surface area contributed by atoms with Gasteiger partial charge in [0.05, 0.1) is 31.1 Å². The van der Waals surface area contributed by atoms with Gasteiger partial charge in [0.15, 0.2) is 11.0 Å². The number of nitrogens with zero attached hydrogens (tertiary/aromatic N) is 4. The van der Waals surface area contributed by atoms with E-state index >= 15 is 0 Å². The number of thioether (sulfide) groups is 1. The van der Waals surface area contributed by atoms with Crippen LogP contribution in [0.2, 0.25) is 0 Å². The van der Waals surface area contributed by atoms with Crippen molar-refractivity contribution in [3.05, 3.63) is 41.5 Å². The highest BCUT2D eigenvalue weighted by molar-refractivity contribution is 7.99. The molecule has 8 nitrogen and oxygen atoms in total. The fraction of sp³-hybridized carbons (Fsp3) is 0.444. The molecule has 0 spiro atoms. The second-order valence-electron chi connectivity index (χ2n) is 6.09. The SMILES string of the molecule is CCn1c(CNC(=O)c2ccccc2F)nnc1SCC(=O)N1CCOCC1. The van der Waals surface area contributed by atoms with Gasteiger partial charge in [-0.15, -0.1) is 10.2 Å². The number of halogens is 1. The van der Waals surface area contributed by atoms with Crippen LogP contribution >= 0.6 is 11.8 Å².